The van der Waals surface area contributed by atoms with Gasteiger partial charge in [-0.15, -0.1) is 0 Å². The Balaban J connectivity index is 1.88. The van der Waals surface area contributed by atoms with Gasteiger partial charge in [-0.3, -0.25) is 4.79 Å². The number of hydrazone groups is 1. The molecule has 2 aromatic rings. The fourth-order valence-electron chi connectivity index (χ4n) is 2.88. The van der Waals surface area contributed by atoms with Crippen molar-refractivity contribution in [3.63, 3.8) is 0 Å². The van der Waals surface area contributed by atoms with E-state index in [1.165, 1.54) is 29.3 Å². The number of benzene rings is 2. The van der Waals surface area contributed by atoms with E-state index in [1.54, 1.807) is 31.2 Å². The van der Waals surface area contributed by atoms with Gasteiger partial charge in [-0.05, 0) is 61.9 Å². The van der Waals surface area contributed by atoms with Crippen molar-refractivity contribution in [3.8, 4) is 17.6 Å². The standard InChI is InChI=1S/C22H19N3O5/c1-3-29-20-13-15(4-9-19(20)30-11-10-23)12-18-14(2)24-25(21(18)26)17-7-5-16(6-8-17)22(27)28/h4-9,12-13H,3,11H2,1-2H3,(H,27,28)/b18-12+. The zero-order valence-electron chi connectivity index (χ0n) is 16.5. The minimum Gasteiger partial charge on any atom is -0.490 e. The van der Waals surface area contributed by atoms with Gasteiger partial charge in [0.2, 0.25) is 0 Å². The Bertz CT molecular complexity index is 1080. The highest BCUT2D eigenvalue weighted by Crippen LogP contribution is 2.31. The minimum absolute atomic E-state index is 0.0968. The number of ether oxygens (including phenoxy) is 2. The van der Waals surface area contributed by atoms with E-state index in [2.05, 4.69) is 5.10 Å². The number of carbonyl (C=O) groups is 2. The first-order chi connectivity index (χ1) is 14.4. The lowest BCUT2D eigenvalue weighted by molar-refractivity contribution is -0.114. The number of amides is 1. The Morgan fingerprint density at radius 2 is 1.93 bits per heavy atom. The van der Waals surface area contributed by atoms with Crippen LogP contribution in [0.2, 0.25) is 0 Å². The van der Waals surface area contributed by atoms with Crippen LogP contribution in [0.1, 0.15) is 29.8 Å². The SMILES string of the molecule is CCOc1cc(/C=C2/C(=O)N(c3ccc(C(=O)O)cc3)N=C2C)ccc1OCC#N. The van der Waals surface area contributed by atoms with Crippen molar-refractivity contribution in [2.24, 2.45) is 5.10 Å². The second kappa shape index (κ2) is 8.92. The second-order valence-corrected chi connectivity index (χ2v) is 6.30. The average molecular weight is 405 g/mol. The predicted octanol–water partition coefficient (Wildman–Crippen LogP) is 3.49. The zero-order chi connectivity index (χ0) is 21.7. The van der Waals surface area contributed by atoms with E-state index in [0.29, 0.717) is 40.6 Å². The first kappa shape index (κ1) is 20.6. The van der Waals surface area contributed by atoms with E-state index in [4.69, 9.17) is 19.8 Å². The van der Waals surface area contributed by atoms with Gasteiger partial charge in [0, 0.05) is 0 Å². The summed E-state index contributed by atoms with van der Waals surface area (Å²) in [7, 11) is 0. The highest BCUT2D eigenvalue weighted by atomic mass is 16.5. The quantitative estimate of drug-likeness (QED) is 0.706. The molecule has 1 amide bonds. The van der Waals surface area contributed by atoms with Crippen LogP contribution < -0.4 is 14.5 Å². The van der Waals surface area contributed by atoms with E-state index < -0.39 is 5.97 Å². The van der Waals surface area contributed by atoms with E-state index >= 15 is 0 Å². The number of hydrogen-bond acceptors (Lipinski definition) is 6. The number of aromatic carboxylic acids is 1. The van der Waals surface area contributed by atoms with Crippen LogP contribution in [0.4, 0.5) is 5.69 Å². The summed E-state index contributed by atoms with van der Waals surface area (Å²) in [6, 6.07) is 13.0. The third-order valence-electron chi connectivity index (χ3n) is 4.29. The van der Waals surface area contributed by atoms with Gasteiger partial charge in [-0.25, -0.2) is 4.79 Å². The lowest BCUT2D eigenvalue weighted by atomic mass is 10.1. The van der Waals surface area contributed by atoms with Gasteiger partial charge in [0.15, 0.2) is 18.1 Å². The molecule has 0 unspecified atom stereocenters. The normalized spacial score (nSPS) is 14.4. The molecular formula is C22H19N3O5. The fraction of sp³-hybridized carbons (Fsp3) is 0.182. The lowest BCUT2D eigenvalue weighted by Gasteiger charge is -2.12. The largest absolute Gasteiger partial charge is 0.490 e. The molecule has 0 aliphatic carbocycles. The Morgan fingerprint density at radius 1 is 1.20 bits per heavy atom. The van der Waals surface area contributed by atoms with Crippen LogP contribution in [0.15, 0.2) is 53.1 Å². The maximum absolute atomic E-state index is 12.9. The molecule has 30 heavy (non-hydrogen) atoms. The monoisotopic (exact) mass is 405 g/mol. The summed E-state index contributed by atoms with van der Waals surface area (Å²) >= 11 is 0. The van der Waals surface area contributed by atoms with Crippen LogP contribution in [0, 0.1) is 11.3 Å². The van der Waals surface area contributed by atoms with Crippen molar-refractivity contribution in [2.75, 3.05) is 18.2 Å². The lowest BCUT2D eigenvalue weighted by Crippen LogP contribution is -2.21. The van der Waals surface area contributed by atoms with Gasteiger partial charge in [-0.1, -0.05) is 6.07 Å². The van der Waals surface area contributed by atoms with E-state index in [-0.39, 0.29) is 18.1 Å². The molecular weight excluding hydrogens is 386 g/mol. The predicted molar refractivity (Wildman–Crippen MR) is 111 cm³/mol. The first-order valence-corrected chi connectivity index (χ1v) is 9.16. The number of hydrogen-bond donors (Lipinski definition) is 1. The van der Waals surface area contributed by atoms with E-state index in [9.17, 15) is 9.59 Å². The van der Waals surface area contributed by atoms with Crippen LogP contribution in [0.5, 0.6) is 11.5 Å². The van der Waals surface area contributed by atoms with Gasteiger partial charge >= 0.3 is 5.97 Å². The topological polar surface area (TPSA) is 112 Å². The third-order valence-corrected chi connectivity index (χ3v) is 4.29. The minimum atomic E-state index is -1.04. The third kappa shape index (κ3) is 4.31. The molecule has 1 N–H and O–H groups in total. The number of carbonyl (C=O) groups excluding carboxylic acids is 1. The molecule has 2 aromatic carbocycles. The average Bonchev–Trinajstić information content (AvgIpc) is 3.02. The highest BCUT2D eigenvalue weighted by molar-refractivity contribution is 6.32. The molecule has 0 aromatic heterocycles. The highest BCUT2D eigenvalue weighted by Gasteiger charge is 2.28. The summed E-state index contributed by atoms with van der Waals surface area (Å²) in [4.78, 5) is 23.9. The smallest absolute Gasteiger partial charge is 0.335 e. The number of carboxylic acid groups (broad SMARTS) is 1. The molecule has 152 valence electrons. The number of nitriles is 1. The molecule has 1 heterocycles. The molecule has 0 atom stereocenters. The summed E-state index contributed by atoms with van der Waals surface area (Å²) in [6.07, 6.45) is 1.70. The summed E-state index contributed by atoms with van der Waals surface area (Å²) in [5, 5.41) is 23.3. The van der Waals surface area contributed by atoms with Crippen molar-refractivity contribution in [3.05, 3.63) is 59.2 Å². The van der Waals surface area contributed by atoms with Gasteiger partial charge in [0.1, 0.15) is 6.07 Å². The molecule has 0 radical (unpaired) electrons. The van der Waals surface area contributed by atoms with Crippen molar-refractivity contribution in [1.82, 2.24) is 0 Å². The molecule has 8 heteroatoms. The summed E-state index contributed by atoms with van der Waals surface area (Å²) in [5.41, 5.74) is 2.26. The van der Waals surface area contributed by atoms with Gasteiger partial charge < -0.3 is 14.6 Å². The van der Waals surface area contributed by atoms with Crippen molar-refractivity contribution >= 4 is 29.4 Å². The molecule has 0 saturated carbocycles. The molecule has 0 saturated heterocycles. The van der Waals surface area contributed by atoms with Crippen LogP contribution in [0.3, 0.4) is 0 Å². The van der Waals surface area contributed by atoms with Crippen molar-refractivity contribution in [1.29, 1.82) is 5.26 Å². The van der Waals surface area contributed by atoms with Gasteiger partial charge in [-0.2, -0.15) is 15.4 Å². The molecule has 0 spiro atoms. The Morgan fingerprint density at radius 3 is 2.57 bits per heavy atom. The Labute approximate surface area is 173 Å². The zero-order valence-corrected chi connectivity index (χ0v) is 16.5. The number of anilines is 1. The number of nitrogens with zero attached hydrogens (tertiary/aromatic N) is 3. The molecule has 0 fully saturated rings. The molecule has 3 rings (SSSR count). The number of rotatable bonds is 7. The van der Waals surface area contributed by atoms with Gasteiger partial charge in [0.05, 0.1) is 29.1 Å². The summed E-state index contributed by atoms with van der Waals surface area (Å²) < 4.78 is 10.9. The van der Waals surface area contributed by atoms with Crippen LogP contribution in [-0.4, -0.2) is 35.9 Å². The van der Waals surface area contributed by atoms with Gasteiger partial charge in [0.25, 0.3) is 5.91 Å². The maximum Gasteiger partial charge on any atom is 0.335 e. The summed E-state index contributed by atoms with van der Waals surface area (Å²) in [6.45, 7) is 3.89. The van der Waals surface area contributed by atoms with Crippen LogP contribution in [-0.2, 0) is 4.79 Å². The first-order valence-electron chi connectivity index (χ1n) is 9.16. The Kier molecular flexibility index (Phi) is 6.13. The molecule has 1 aliphatic heterocycles. The fourth-order valence-corrected chi connectivity index (χ4v) is 2.88. The Hall–Kier alpha value is -4.12. The van der Waals surface area contributed by atoms with Crippen molar-refractivity contribution in [2.45, 2.75) is 13.8 Å². The molecule has 8 nitrogen and oxygen atoms in total. The van der Waals surface area contributed by atoms with E-state index in [1.807, 2.05) is 13.0 Å². The number of carboxylic acids is 1. The molecule has 0 bridgehead atoms. The van der Waals surface area contributed by atoms with Crippen LogP contribution in [0.25, 0.3) is 6.08 Å². The van der Waals surface area contributed by atoms with E-state index in [0.717, 1.165) is 0 Å². The van der Waals surface area contributed by atoms with Crippen LogP contribution >= 0.6 is 0 Å². The van der Waals surface area contributed by atoms with Crippen molar-refractivity contribution < 1.29 is 24.2 Å². The second-order valence-electron chi connectivity index (χ2n) is 6.30. The molecule has 1 aliphatic rings. The summed E-state index contributed by atoms with van der Waals surface area (Å²) in [5.74, 6) is -0.438. The maximum atomic E-state index is 12.9.